The molecule has 0 spiro atoms. The van der Waals surface area contributed by atoms with Gasteiger partial charge in [-0.25, -0.2) is 0 Å². The number of aromatic nitrogens is 1. The van der Waals surface area contributed by atoms with Crippen molar-refractivity contribution in [3.8, 4) is 5.75 Å². The second-order valence-corrected chi connectivity index (χ2v) is 3.98. The standard InChI is InChI=1S/C12H19NO3/c1-8-5-13-11(4-10(6-14)7-15)9(2)12(8)16-3/h5,10,14-15H,4,6-7H2,1-3H3. The summed E-state index contributed by atoms with van der Waals surface area (Å²) in [5.41, 5.74) is 2.85. The summed E-state index contributed by atoms with van der Waals surface area (Å²) in [6.45, 7) is 3.82. The zero-order valence-electron chi connectivity index (χ0n) is 10.0. The van der Waals surface area contributed by atoms with Crippen LogP contribution in [0.4, 0.5) is 0 Å². The highest BCUT2D eigenvalue weighted by Crippen LogP contribution is 2.25. The van der Waals surface area contributed by atoms with E-state index in [1.165, 1.54) is 0 Å². The van der Waals surface area contributed by atoms with Gasteiger partial charge in [0.1, 0.15) is 5.75 Å². The van der Waals surface area contributed by atoms with Gasteiger partial charge in [0.15, 0.2) is 0 Å². The molecule has 0 radical (unpaired) electrons. The molecule has 4 heteroatoms. The second kappa shape index (κ2) is 5.82. The quantitative estimate of drug-likeness (QED) is 0.780. The smallest absolute Gasteiger partial charge is 0.128 e. The highest BCUT2D eigenvalue weighted by Gasteiger charge is 2.14. The molecule has 0 bridgehead atoms. The largest absolute Gasteiger partial charge is 0.496 e. The van der Waals surface area contributed by atoms with Gasteiger partial charge in [-0.2, -0.15) is 0 Å². The summed E-state index contributed by atoms with van der Waals surface area (Å²) >= 11 is 0. The van der Waals surface area contributed by atoms with Crippen molar-refractivity contribution in [1.29, 1.82) is 0 Å². The number of hydrogen-bond donors (Lipinski definition) is 2. The van der Waals surface area contributed by atoms with Gasteiger partial charge in [0.05, 0.1) is 7.11 Å². The van der Waals surface area contributed by atoms with Crippen molar-refractivity contribution in [2.45, 2.75) is 20.3 Å². The number of aryl methyl sites for hydroxylation is 1. The first kappa shape index (κ1) is 12.9. The van der Waals surface area contributed by atoms with Gasteiger partial charge in [-0.1, -0.05) is 0 Å². The summed E-state index contributed by atoms with van der Waals surface area (Å²) in [6, 6.07) is 0. The van der Waals surface area contributed by atoms with Crippen molar-refractivity contribution < 1.29 is 14.9 Å². The summed E-state index contributed by atoms with van der Waals surface area (Å²) in [4.78, 5) is 4.32. The Bertz CT molecular complexity index is 348. The van der Waals surface area contributed by atoms with E-state index in [1.54, 1.807) is 13.3 Å². The van der Waals surface area contributed by atoms with E-state index in [9.17, 15) is 0 Å². The molecular weight excluding hydrogens is 206 g/mol. The molecule has 1 aromatic rings. The summed E-state index contributed by atoms with van der Waals surface area (Å²) in [6.07, 6.45) is 2.32. The normalized spacial score (nSPS) is 10.9. The lowest BCUT2D eigenvalue weighted by Gasteiger charge is -2.15. The molecule has 0 unspecified atom stereocenters. The highest BCUT2D eigenvalue weighted by atomic mass is 16.5. The third kappa shape index (κ3) is 2.71. The molecule has 0 fully saturated rings. The molecule has 1 aromatic heterocycles. The van der Waals surface area contributed by atoms with Crippen LogP contribution in [0.5, 0.6) is 5.75 Å². The lowest BCUT2D eigenvalue weighted by Crippen LogP contribution is -2.16. The minimum absolute atomic E-state index is 0.0339. The van der Waals surface area contributed by atoms with E-state index >= 15 is 0 Å². The Hall–Kier alpha value is -1.13. The number of aliphatic hydroxyl groups is 2. The molecule has 0 aliphatic rings. The van der Waals surface area contributed by atoms with Crippen molar-refractivity contribution in [2.24, 2.45) is 5.92 Å². The number of rotatable bonds is 5. The topological polar surface area (TPSA) is 62.6 Å². The van der Waals surface area contributed by atoms with Crippen LogP contribution in [0.1, 0.15) is 16.8 Å². The predicted molar refractivity (Wildman–Crippen MR) is 61.6 cm³/mol. The first-order chi connectivity index (χ1) is 7.63. The average molecular weight is 225 g/mol. The maximum absolute atomic E-state index is 9.04. The van der Waals surface area contributed by atoms with E-state index in [-0.39, 0.29) is 19.1 Å². The van der Waals surface area contributed by atoms with Crippen LogP contribution in [0, 0.1) is 19.8 Å². The van der Waals surface area contributed by atoms with Crippen LogP contribution in [-0.4, -0.2) is 35.5 Å². The highest BCUT2D eigenvalue weighted by molar-refractivity contribution is 5.41. The molecule has 0 amide bonds. The summed E-state index contributed by atoms with van der Waals surface area (Å²) in [5.74, 6) is 0.679. The summed E-state index contributed by atoms with van der Waals surface area (Å²) in [7, 11) is 1.63. The monoisotopic (exact) mass is 225 g/mol. The fraction of sp³-hybridized carbons (Fsp3) is 0.583. The summed E-state index contributed by atoms with van der Waals surface area (Å²) < 4.78 is 5.30. The first-order valence-electron chi connectivity index (χ1n) is 5.34. The van der Waals surface area contributed by atoms with Crippen LogP contribution in [0.15, 0.2) is 6.20 Å². The maximum atomic E-state index is 9.04. The van der Waals surface area contributed by atoms with Crippen LogP contribution >= 0.6 is 0 Å². The van der Waals surface area contributed by atoms with Crippen molar-refractivity contribution in [3.05, 3.63) is 23.0 Å². The predicted octanol–water partition coefficient (Wildman–Crippen LogP) is 0.850. The van der Waals surface area contributed by atoms with Gasteiger partial charge in [0.2, 0.25) is 0 Å². The van der Waals surface area contributed by atoms with E-state index in [0.29, 0.717) is 6.42 Å². The number of nitrogens with zero attached hydrogens (tertiary/aromatic N) is 1. The minimum atomic E-state index is -0.154. The van der Waals surface area contributed by atoms with E-state index in [2.05, 4.69) is 4.98 Å². The minimum Gasteiger partial charge on any atom is -0.496 e. The Kier molecular flexibility index (Phi) is 4.71. The Morgan fingerprint density at radius 2 is 1.94 bits per heavy atom. The molecule has 0 aliphatic carbocycles. The Morgan fingerprint density at radius 1 is 1.31 bits per heavy atom. The molecule has 0 atom stereocenters. The van der Waals surface area contributed by atoms with Crippen molar-refractivity contribution in [1.82, 2.24) is 4.98 Å². The van der Waals surface area contributed by atoms with Crippen LogP contribution < -0.4 is 4.74 Å². The van der Waals surface area contributed by atoms with E-state index < -0.39 is 0 Å². The van der Waals surface area contributed by atoms with Gasteiger partial charge >= 0.3 is 0 Å². The number of methoxy groups -OCH3 is 1. The third-order valence-corrected chi connectivity index (χ3v) is 2.75. The number of hydrogen-bond acceptors (Lipinski definition) is 4. The molecule has 0 saturated heterocycles. The number of aliphatic hydroxyl groups excluding tert-OH is 2. The molecule has 0 saturated carbocycles. The van der Waals surface area contributed by atoms with Crippen LogP contribution in [0.3, 0.4) is 0 Å². The lowest BCUT2D eigenvalue weighted by atomic mass is 10.0. The fourth-order valence-corrected chi connectivity index (χ4v) is 1.74. The molecule has 0 aromatic carbocycles. The van der Waals surface area contributed by atoms with E-state index in [0.717, 1.165) is 22.6 Å². The lowest BCUT2D eigenvalue weighted by molar-refractivity contribution is 0.149. The number of ether oxygens (including phenoxy) is 1. The van der Waals surface area contributed by atoms with Gasteiger partial charge in [0, 0.05) is 42.1 Å². The number of pyridine rings is 1. The van der Waals surface area contributed by atoms with Crippen molar-refractivity contribution >= 4 is 0 Å². The van der Waals surface area contributed by atoms with Crippen molar-refractivity contribution in [2.75, 3.05) is 20.3 Å². The zero-order valence-corrected chi connectivity index (χ0v) is 10.0. The zero-order chi connectivity index (χ0) is 12.1. The molecule has 2 N–H and O–H groups in total. The molecule has 1 rings (SSSR count). The van der Waals surface area contributed by atoms with Gasteiger partial charge in [-0.3, -0.25) is 4.98 Å². The Balaban J connectivity index is 2.97. The molecule has 90 valence electrons. The Labute approximate surface area is 95.9 Å². The molecule has 16 heavy (non-hydrogen) atoms. The van der Waals surface area contributed by atoms with Crippen LogP contribution in [0.2, 0.25) is 0 Å². The van der Waals surface area contributed by atoms with Gasteiger partial charge in [0.25, 0.3) is 0 Å². The second-order valence-electron chi connectivity index (χ2n) is 3.98. The van der Waals surface area contributed by atoms with Gasteiger partial charge in [-0.15, -0.1) is 0 Å². The first-order valence-corrected chi connectivity index (χ1v) is 5.34. The summed E-state index contributed by atoms with van der Waals surface area (Å²) in [5, 5.41) is 18.1. The average Bonchev–Trinajstić information content (AvgIpc) is 2.29. The molecule has 4 nitrogen and oxygen atoms in total. The van der Waals surface area contributed by atoms with E-state index in [4.69, 9.17) is 14.9 Å². The van der Waals surface area contributed by atoms with E-state index in [1.807, 2.05) is 13.8 Å². The maximum Gasteiger partial charge on any atom is 0.128 e. The molecule has 0 aliphatic heterocycles. The van der Waals surface area contributed by atoms with Crippen LogP contribution in [0.25, 0.3) is 0 Å². The van der Waals surface area contributed by atoms with Crippen LogP contribution in [-0.2, 0) is 6.42 Å². The fourth-order valence-electron chi connectivity index (χ4n) is 1.74. The Morgan fingerprint density at radius 3 is 2.44 bits per heavy atom. The molecule has 1 heterocycles. The SMILES string of the molecule is COc1c(C)cnc(CC(CO)CO)c1C. The van der Waals surface area contributed by atoms with Gasteiger partial charge < -0.3 is 14.9 Å². The van der Waals surface area contributed by atoms with Gasteiger partial charge in [-0.05, 0) is 20.3 Å². The molecular formula is C12H19NO3. The van der Waals surface area contributed by atoms with Crippen molar-refractivity contribution in [3.63, 3.8) is 0 Å². The third-order valence-electron chi connectivity index (χ3n) is 2.75.